The minimum absolute atomic E-state index is 0.225. The van der Waals surface area contributed by atoms with E-state index in [-0.39, 0.29) is 11.7 Å². The highest BCUT2D eigenvalue weighted by atomic mass is 16.7. The molecule has 3 rings (SSSR count). The molecule has 1 aliphatic heterocycles. The second-order valence-electron chi connectivity index (χ2n) is 4.77. The highest BCUT2D eigenvalue weighted by Gasteiger charge is 2.30. The molecule has 0 amide bonds. The molecule has 1 unspecified atom stereocenters. The molecule has 6 nitrogen and oxygen atoms in total. The molecular weight excluding hydrogens is 282 g/mol. The summed E-state index contributed by atoms with van der Waals surface area (Å²) >= 11 is 0. The third kappa shape index (κ3) is 2.51. The number of amidine groups is 1. The van der Waals surface area contributed by atoms with Gasteiger partial charge in [0, 0.05) is 5.56 Å². The number of nitrogens with zero attached hydrogens (tertiary/aromatic N) is 2. The van der Waals surface area contributed by atoms with Gasteiger partial charge in [-0.25, -0.2) is 9.86 Å². The quantitative estimate of drug-likeness (QED) is 0.905. The fourth-order valence-corrected chi connectivity index (χ4v) is 2.37. The zero-order valence-corrected chi connectivity index (χ0v) is 11.9. The Morgan fingerprint density at radius 2 is 2.00 bits per heavy atom. The van der Waals surface area contributed by atoms with Gasteiger partial charge in [-0.1, -0.05) is 42.5 Å². The summed E-state index contributed by atoms with van der Waals surface area (Å²) in [5, 5.41) is 15.0. The predicted octanol–water partition coefficient (Wildman–Crippen LogP) is 2.21. The first-order chi connectivity index (χ1) is 10.7. The number of nitrogens with one attached hydrogen (secondary N) is 1. The minimum Gasteiger partial charge on any atom is -0.478 e. The van der Waals surface area contributed by atoms with E-state index in [0.717, 1.165) is 11.1 Å². The molecule has 22 heavy (non-hydrogen) atoms. The van der Waals surface area contributed by atoms with Crippen LogP contribution in [0.4, 0.5) is 0 Å². The number of carbonyl (C=O) groups is 1. The van der Waals surface area contributed by atoms with Crippen LogP contribution in [0, 0.1) is 0 Å². The lowest BCUT2D eigenvalue weighted by molar-refractivity contribution is -0.0959. The highest BCUT2D eigenvalue weighted by Crippen LogP contribution is 2.26. The number of rotatable bonds is 4. The first-order valence-electron chi connectivity index (χ1n) is 6.76. The van der Waals surface area contributed by atoms with E-state index < -0.39 is 5.97 Å². The number of benzene rings is 2. The van der Waals surface area contributed by atoms with E-state index in [0.29, 0.717) is 5.84 Å². The number of carboxylic acids is 1. The maximum absolute atomic E-state index is 11.1. The van der Waals surface area contributed by atoms with Gasteiger partial charge < -0.3 is 5.11 Å². The summed E-state index contributed by atoms with van der Waals surface area (Å²) in [6.45, 7) is 0. The van der Waals surface area contributed by atoms with Crippen molar-refractivity contribution in [2.45, 2.75) is 6.17 Å². The first kappa shape index (κ1) is 14.1. The molecule has 2 N–H and O–H groups in total. The van der Waals surface area contributed by atoms with E-state index in [1.807, 2.05) is 36.4 Å². The van der Waals surface area contributed by atoms with Gasteiger partial charge in [-0.05, 0) is 17.7 Å². The van der Waals surface area contributed by atoms with Crippen LogP contribution in [0.25, 0.3) is 0 Å². The number of carboxylic acid groups (broad SMARTS) is 1. The Labute approximate surface area is 127 Å². The molecule has 0 radical (unpaired) electrons. The predicted molar refractivity (Wildman–Crippen MR) is 81.1 cm³/mol. The van der Waals surface area contributed by atoms with Crippen molar-refractivity contribution in [3.05, 3.63) is 71.3 Å². The minimum atomic E-state index is -0.965. The summed E-state index contributed by atoms with van der Waals surface area (Å²) in [5.41, 5.74) is 4.88. The number of hydrogen-bond acceptors (Lipinski definition) is 5. The van der Waals surface area contributed by atoms with Crippen LogP contribution in [-0.2, 0) is 4.84 Å². The molecule has 2 aromatic rings. The molecule has 0 aliphatic carbocycles. The molecule has 0 aromatic heterocycles. The fourth-order valence-electron chi connectivity index (χ4n) is 2.37. The van der Waals surface area contributed by atoms with Gasteiger partial charge in [-0.3, -0.25) is 10.3 Å². The van der Waals surface area contributed by atoms with Gasteiger partial charge in [0.1, 0.15) is 0 Å². The van der Waals surface area contributed by atoms with Crippen molar-refractivity contribution >= 4 is 11.8 Å². The SMILES string of the molecule is CON1C(c2ccccc2)=NNC1c1cccc(C(=O)O)c1. The molecular formula is C16H15N3O3. The average molecular weight is 297 g/mol. The third-order valence-electron chi connectivity index (χ3n) is 3.41. The van der Waals surface area contributed by atoms with Crippen LogP contribution < -0.4 is 5.43 Å². The van der Waals surface area contributed by atoms with Crippen molar-refractivity contribution in [1.82, 2.24) is 10.5 Å². The maximum atomic E-state index is 11.1. The van der Waals surface area contributed by atoms with Gasteiger partial charge in [0.2, 0.25) is 0 Å². The molecule has 6 heteroatoms. The molecule has 0 saturated heterocycles. The van der Waals surface area contributed by atoms with Crippen LogP contribution in [0.15, 0.2) is 59.7 Å². The lowest BCUT2D eigenvalue weighted by Gasteiger charge is -2.24. The molecule has 112 valence electrons. The topological polar surface area (TPSA) is 74.2 Å². The van der Waals surface area contributed by atoms with Crippen LogP contribution >= 0.6 is 0 Å². The van der Waals surface area contributed by atoms with Crippen molar-refractivity contribution in [3.63, 3.8) is 0 Å². The zero-order chi connectivity index (χ0) is 15.5. The maximum Gasteiger partial charge on any atom is 0.335 e. The zero-order valence-electron chi connectivity index (χ0n) is 11.9. The summed E-state index contributed by atoms with van der Waals surface area (Å²) in [5.74, 6) is -0.318. The van der Waals surface area contributed by atoms with Crippen LogP contribution in [0.3, 0.4) is 0 Å². The molecule has 1 atom stereocenters. The second-order valence-corrected chi connectivity index (χ2v) is 4.77. The molecule has 1 aliphatic rings. The van der Waals surface area contributed by atoms with Gasteiger partial charge in [0.25, 0.3) is 0 Å². The fraction of sp³-hybridized carbons (Fsp3) is 0.125. The van der Waals surface area contributed by atoms with E-state index in [4.69, 9.17) is 9.94 Å². The lowest BCUT2D eigenvalue weighted by Crippen LogP contribution is -2.33. The second kappa shape index (κ2) is 5.87. The Hall–Kier alpha value is -2.86. The van der Waals surface area contributed by atoms with Crippen molar-refractivity contribution < 1.29 is 14.7 Å². The van der Waals surface area contributed by atoms with E-state index in [1.54, 1.807) is 30.4 Å². The first-order valence-corrected chi connectivity index (χ1v) is 6.76. The Morgan fingerprint density at radius 3 is 2.68 bits per heavy atom. The molecule has 0 bridgehead atoms. The summed E-state index contributed by atoms with van der Waals surface area (Å²) in [6, 6.07) is 16.3. The van der Waals surface area contributed by atoms with Gasteiger partial charge in [0.15, 0.2) is 12.0 Å². The molecule has 0 fully saturated rings. The standard InChI is InChI=1S/C16H15N3O3/c1-22-19-14(11-6-3-2-4-7-11)17-18-15(19)12-8-5-9-13(10-12)16(20)21/h2-10,15,18H,1H3,(H,20,21). The third-order valence-corrected chi connectivity index (χ3v) is 3.41. The monoisotopic (exact) mass is 297 g/mol. The van der Waals surface area contributed by atoms with Gasteiger partial charge in [-0.15, -0.1) is 0 Å². The number of hydroxylamine groups is 2. The average Bonchev–Trinajstić information content (AvgIpc) is 2.99. The van der Waals surface area contributed by atoms with E-state index in [1.165, 1.54) is 0 Å². The van der Waals surface area contributed by atoms with E-state index in [2.05, 4.69) is 10.5 Å². The van der Waals surface area contributed by atoms with Crippen LogP contribution in [0.2, 0.25) is 0 Å². The van der Waals surface area contributed by atoms with Crippen molar-refractivity contribution in [3.8, 4) is 0 Å². The molecule has 0 saturated carbocycles. The Kier molecular flexibility index (Phi) is 3.76. The van der Waals surface area contributed by atoms with Crippen molar-refractivity contribution in [2.75, 3.05) is 7.11 Å². The van der Waals surface area contributed by atoms with Crippen LogP contribution in [0.5, 0.6) is 0 Å². The highest BCUT2D eigenvalue weighted by molar-refractivity contribution is 5.99. The summed E-state index contributed by atoms with van der Waals surface area (Å²) in [7, 11) is 1.56. The number of hydrogen-bond donors (Lipinski definition) is 2. The van der Waals surface area contributed by atoms with Gasteiger partial charge >= 0.3 is 5.97 Å². The van der Waals surface area contributed by atoms with Gasteiger partial charge in [0.05, 0.1) is 12.7 Å². The largest absolute Gasteiger partial charge is 0.478 e. The summed E-state index contributed by atoms with van der Waals surface area (Å²) < 4.78 is 0. The summed E-state index contributed by atoms with van der Waals surface area (Å²) in [4.78, 5) is 16.5. The Morgan fingerprint density at radius 1 is 1.23 bits per heavy atom. The van der Waals surface area contributed by atoms with Crippen LogP contribution in [-0.4, -0.2) is 29.1 Å². The molecule has 0 spiro atoms. The summed E-state index contributed by atoms with van der Waals surface area (Å²) in [6.07, 6.45) is -0.375. The number of aromatic carboxylic acids is 1. The van der Waals surface area contributed by atoms with E-state index in [9.17, 15) is 4.79 Å². The van der Waals surface area contributed by atoms with Gasteiger partial charge in [-0.2, -0.15) is 5.10 Å². The smallest absolute Gasteiger partial charge is 0.335 e. The van der Waals surface area contributed by atoms with Crippen LogP contribution in [0.1, 0.15) is 27.7 Å². The Balaban J connectivity index is 1.91. The van der Waals surface area contributed by atoms with Crippen molar-refractivity contribution in [2.24, 2.45) is 5.10 Å². The normalized spacial score (nSPS) is 17.0. The number of hydrazone groups is 1. The Bertz CT molecular complexity index is 716. The molecule has 2 aromatic carbocycles. The lowest BCUT2D eigenvalue weighted by atomic mass is 10.1. The van der Waals surface area contributed by atoms with Crippen molar-refractivity contribution in [1.29, 1.82) is 0 Å². The molecule has 1 heterocycles. The van der Waals surface area contributed by atoms with E-state index >= 15 is 0 Å².